The fraction of sp³-hybridized carbons (Fsp3) is 0.250. The van der Waals surface area contributed by atoms with E-state index in [4.69, 9.17) is 23.2 Å². The van der Waals surface area contributed by atoms with Gasteiger partial charge in [0.05, 0.1) is 7.11 Å². The first-order valence-electron chi connectivity index (χ1n) is 3.48. The highest BCUT2D eigenvalue weighted by Crippen LogP contribution is 2.19. The van der Waals surface area contributed by atoms with Crippen LogP contribution in [0, 0.1) is 0 Å². The summed E-state index contributed by atoms with van der Waals surface area (Å²) in [6.45, 7) is 0. The number of methoxy groups -OCH3 is 1. The third kappa shape index (κ3) is 2.11. The minimum Gasteiger partial charge on any atom is -0.465 e. The third-order valence-corrected chi connectivity index (χ3v) is 2.10. The Morgan fingerprint density at radius 2 is 2.38 bits per heavy atom. The predicted molar refractivity (Wildman–Crippen MR) is 50.1 cm³/mol. The number of hydrogen-bond donors (Lipinski definition) is 0. The summed E-state index contributed by atoms with van der Waals surface area (Å²) >= 11 is 11.3. The molecule has 0 saturated heterocycles. The monoisotopic (exact) mass is 219 g/mol. The Kier molecular flexibility index (Phi) is 3.51. The highest BCUT2D eigenvalue weighted by atomic mass is 35.5. The van der Waals surface area contributed by atoms with Crippen molar-refractivity contribution in [1.29, 1.82) is 0 Å². The average molecular weight is 220 g/mol. The maximum absolute atomic E-state index is 11.2. The van der Waals surface area contributed by atoms with Gasteiger partial charge in [-0.15, -0.1) is 11.6 Å². The molecule has 0 amide bonds. The molecule has 0 bridgehead atoms. The minimum absolute atomic E-state index is 0.116. The van der Waals surface area contributed by atoms with E-state index in [1.54, 1.807) is 6.07 Å². The van der Waals surface area contributed by atoms with Crippen LogP contribution < -0.4 is 0 Å². The molecule has 0 fully saturated rings. The molecule has 1 aromatic rings. The SMILES string of the molecule is COC(=O)c1c(CCl)ccnc1Cl. The Morgan fingerprint density at radius 1 is 1.69 bits per heavy atom. The molecule has 3 nitrogen and oxygen atoms in total. The lowest BCUT2D eigenvalue weighted by molar-refractivity contribution is 0.0599. The summed E-state index contributed by atoms with van der Waals surface area (Å²) in [6.07, 6.45) is 1.49. The first-order valence-corrected chi connectivity index (χ1v) is 4.39. The molecule has 13 heavy (non-hydrogen) atoms. The van der Waals surface area contributed by atoms with Crippen LogP contribution in [0.5, 0.6) is 0 Å². The van der Waals surface area contributed by atoms with E-state index >= 15 is 0 Å². The molecular weight excluding hydrogens is 213 g/mol. The molecule has 0 aliphatic heterocycles. The largest absolute Gasteiger partial charge is 0.465 e. The zero-order valence-corrected chi connectivity index (χ0v) is 8.39. The normalized spacial score (nSPS) is 9.77. The van der Waals surface area contributed by atoms with E-state index in [0.29, 0.717) is 5.56 Å². The van der Waals surface area contributed by atoms with Crippen LogP contribution >= 0.6 is 23.2 Å². The lowest BCUT2D eigenvalue weighted by Gasteiger charge is -2.05. The van der Waals surface area contributed by atoms with Crippen LogP contribution in [0.25, 0.3) is 0 Å². The molecule has 0 unspecified atom stereocenters. The van der Waals surface area contributed by atoms with Crippen LogP contribution in [0.3, 0.4) is 0 Å². The summed E-state index contributed by atoms with van der Waals surface area (Å²) in [6, 6.07) is 1.63. The maximum atomic E-state index is 11.2. The van der Waals surface area contributed by atoms with Gasteiger partial charge < -0.3 is 4.74 Å². The zero-order chi connectivity index (χ0) is 9.84. The number of pyridine rings is 1. The molecule has 0 radical (unpaired) electrons. The molecule has 5 heteroatoms. The van der Waals surface area contributed by atoms with E-state index in [1.165, 1.54) is 13.3 Å². The Morgan fingerprint density at radius 3 is 2.92 bits per heavy atom. The van der Waals surface area contributed by atoms with E-state index < -0.39 is 5.97 Å². The molecular formula is C8H7Cl2NO2. The van der Waals surface area contributed by atoms with Crippen LogP contribution in [0.4, 0.5) is 0 Å². The van der Waals surface area contributed by atoms with Crippen molar-refractivity contribution in [3.05, 3.63) is 28.5 Å². The molecule has 1 heterocycles. The van der Waals surface area contributed by atoms with Gasteiger partial charge in [-0.1, -0.05) is 11.6 Å². The number of hydrogen-bond acceptors (Lipinski definition) is 3. The van der Waals surface area contributed by atoms with E-state index in [1.807, 2.05) is 0 Å². The molecule has 0 atom stereocenters. The molecule has 1 aromatic heterocycles. The van der Waals surface area contributed by atoms with Crippen molar-refractivity contribution in [2.24, 2.45) is 0 Å². The fourth-order valence-electron chi connectivity index (χ4n) is 0.902. The summed E-state index contributed by atoms with van der Waals surface area (Å²) < 4.78 is 4.54. The maximum Gasteiger partial charge on any atom is 0.341 e. The number of carbonyl (C=O) groups is 1. The highest BCUT2D eigenvalue weighted by Gasteiger charge is 2.15. The topological polar surface area (TPSA) is 39.2 Å². The van der Waals surface area contributed by atoms with E-state index in [0.717, 1.165) is 0 Å². The third-order valence-electron chi connectivity index (χ3n) is 1.52. The number of rotatable bonds is 2. The Balaban J connectivity index is 3.22. The number of alkyl halides is 1. The summed E-state index contributed by atoms with van der Waals surface area (Å²) in [5.41, 5.74) is 0.857. The molecule has 70 valence electrons. The number of nitrogens with zero attached hydrogens (tertiary/aromatic N) is 1. The Hall–Kier alpha value is -0.800. The number of carbonyl (C=O) groups excluding carboxylic acids is 1. The fourth-order valence-corrected chi connectivity index (χ4v) is 1.38. The van der Waals surface area contributed by atoms with E-state index in [2.05, 4.69) is 9.72 Å². The van der Waals surface area contributed by atoms with Crippen LogP contribution in [0.2, 0.25) is 5.15 Å². The van der Waals surface area contributed by atoms with Gasteiger partial charge in [0, 0.05) is 12.1 Å². The standard InChI is InChI=1S/C8H7Cl2NO2/c1-13-8(12)6-5(4-9)2-3-11-7(6)10/h2-3H,4H2,1H3. The van der Waals surface area contributed by atoms with Crippen LogP contribution in [-0.4, -0.2) is 18.1 Å². The predicted octanol–water partition coefficient (Wildman–Crippen LogP) is 2.26. The summed E-state index contributed by atoms with van der Waals surface area (Å²) in [4.78, 5) is 15.0. The van der Waals surface area contributed by atoms with Gasteiger partial charge in [0.1, 0.15) is 10.7 Å². The molecule has 0 aliphatic carbocycles. The van der Waals surface area contributed by atoms with Crippen molar-refractivity contribution < 1.29 is 9.53 Å². The van der Waals surface area contributed by atoms with Crippen LogP contribution in [-0.2, 0) is 10.6 Å². The van der Waals surface area contributed by atoms with E-state index in [-0.39, 0.29) is 16.6 Å². The Labute approximate surface area is 85.6 Å². The van der Waals surface area contributed by atoms with Crippen molar-refractivity contribution in [1.82, 2.24) is 4.98 Å². The quantitative estimate of drug-likeness (QED) is 0.436. The van der Waals surface area contributed by atoms with Crippen molar-refractivity contribution in [3.63, 3.8) is 0 Å². The molecule has 0 spiro atoms. The molecule has 0 aliphatic rings. The second kappa shape index (κ2) is 4.44. The zero-order valence-electron chi connectivity index (χ0n) is 6.88. The average Bonchev–Trinajstić information content (AvgIpc) is 2.16. The molecule has 1 rings (SSSR count). The van der Waals surface area contributed by atoms with Gasteiger partial charge in [0.25, 0.3) is 0 Å². The van der Waals surface area contributed by atoms with Gasteiger partial charge in [-0.2, -0.15) is 0 Å². The molecule has 0 aromatic carbocycles. The first kappa shape index (κ1) is 10.3. The van der Waals surface area contributed by atoms with Crippen LogP contribution in [0.1, 0.15) is 15.9 Å². The van der Waals surface area contributed by atoms with Crippen molar-refractivity contribution in [2.75, 3.05) is 7.11 Å². The summed E-state index contributed by atoms with van der Waals surface area (Å²) in [5.74, 6) is -0.319. The lowest BCUT2D eigenvalue weighted by Crippen LogP contribution is -2.06. The summed E-state index contributed by atoms with van der Waals surface area (Å²) in [7, 11) is 1.28. The van der Waals surface area contributed by atoms with Gasteiger partial charge >= 0.3 is 5.97 Å². The van der Waals surface area contributed by atoms with Gasteiger partial charge in [-0.3, -0.25) is 0 Å². The van der Waals surface area contributed by atoms with E-state index in [9.17, 15) is 4.79 Å². The van der Waals surface area contributed by atoms with Crippen molar-refractivity contribution in [3.8, 4) is 0 Å². The van der Waals surface area contributed by atoms with Gasteiger partial charge in [0.15, 0.2) is 0 Å². The smallest absolute Gasteiger partial charge is 0.341 e. The van der Waals surface area contributed by atoms with Crippen molar-refractivity contribution in [2.45, 2.75) is 5.88 Å². The number of ether oxygens (including phenoxy) is 1. The Bertz CT molecular complexity index is 328. The first-order chi connectivity index (χ1) is 6.20. The number of halogens is 2. The minimum atomic E-state index is -0.520. The van der Waals surface area contributed by atoms with Crippen LogP contribution in [0.15, 0.2) is 12.3 Å². The second-order valence-electron chi connectivity index (χ2n) is 2.26. The van der Waals surface area contributed by atoms with Crippen molar-refractivity contribution >= 4 is 29.2 Å². The number of aromatic nitrogens is 1. The number of esters is 1. The lowest BCUT2D eigenvalue weighted by atomic mass is 10.2. The summed E-state index contributed by atoms with van der Waals surface area (Å²) in [5, 5.41) is 0.116. The molecule has 0 saturated carbocycles. The van der Waals surface area contributed by atoms with Gasteiger partial charge in [-0.05, 0) is 11.6 Å². The highest BCUT2D eigenvalue weighted by molar-refractivity contribution is 6.32. The van der Waals surface area contributed by atoms with Gasteiger partial charge in [-0.25, -0.2) is 9.78 Å². The van der Waals surface area contributed by atoms with Gasteiger partial charge in [0.2, 0.25) is 0 Å². The second-order valence-corrected chi connectivity index (χ2v) is 2.89. The molecule has 0 N–H and O–H groups in total.